The number of carboxylic acid groups (broad SMARTS) is 1. The highest BCUT2D eigenvalue weighted by Gasteiger charge is 2.40. The largest absolute Gasteiger partial charge is 0.493 e. The molecule has 1 aromatic rings. The van der Waals surface area contributed by atoms with Crippen molar-refractivity contribution in [1.29, 1.82) is 0 Å². The van der Waals surface area contributed by atoms with Crippen molar-refractivity contribution in [2.75, 3.05) is 53.2 Å². The van der Waals surface area contributed by atoms with Crippen LogP contribution < -0.4 is 9.57 Å². The Labute approximate surface area is 216 Å². The van der Waals surface area contributed by atoms with E-state index in [1.54, 1.807) is 7.11 Å². The summed E-state index contributed by atoms with van der Waals surface area (Å²) in [7, 11) is 1.76. The SMILES string of the molecule is C=NOc1cccc(OCC(C)C)c1C.COCCC1CCN(CCC2(C(=O)O)CCOCC2)CC1. The Balaban J connectivity index is 0.000000269. The van der Waals surface area contributed by atoms with Crippen molar-refractivity contribution in [2.45, 2.75) is 59.3 Å². The average molecular weight is 507 g/mol. The Kier molecular flexibility index (Phi) is 13.2. The van der Waals surface area contributed by atoms with Crippen LogP contribution in [0, 0.1) is 24.2 Å². The molecule has 36 heavy (non-hydrogen) atoms. The van der Waals surface area contributed by atoms with Gasteiger partial charge in [-0.1, -0.05) is 25.1 Å². The van der Waals surface area contributed by atoms with Crippen molar-refractivity contribution >= 4 is 12.7 Å². The number of rotatable bonds is 12. The monoisotopic (exact) mass is 506 g/mol. The number of oxime groups is 1. The molecule has 1 N–H and O–H groups in total. The van der Waals surface area contributed by atoms with Crippen LogP contribution in [0.15, 0.2) is 23.4 Å². The first kappa shape index (κ1) is 30.1. The molecular weight excluding hydrogens is 460 g/mol. The Morgan fingerprint density at radius 2 is 1.92 bits per heavy atom. The van der Waals surface area contributed by atoms with E-state index in [2.05, 4.69) is 30.6 Å². The highest BCUT2D eigenvalue weighted by Crippen LogP contribution is 2.35. The number of methoxy groups -OCH3 is 1. The maximum absolute atomic E-state index is 11.6. The van der Waals surface area contributed by atoms with Crippen molar-refractivity contribution in [3.63, 3.8) is 0 Å². The smallest absolute Gasteiger partial charge is 0.309 e. The summed E-state index contributed by atoms with van der Waals surface area (Å²) >= 11 is 0. The molecule has 2 aliphatic rings. The van der Waals surface area contributed by atoms with Gasteiger partial charge < -0.3 is 29.1 Å². The topological polar surface area (TPSA) is 89.8 Å². The Bertz CT molecular complexity index is 786. The maximum Gasteiger partial charge on any atom is 0.309 e. The van der Waals surface area contributed by atoms with E-state index in [0.717, 1.165) is 56.3 Å². The molecule has 3 rings (SSSR count). The number of aliphatic carboxylic acids is 1. The number of benzene rings is 1. The first-order valence-electron chi connectivity index (χ1n) is 13.2. The number of likely N-dealkylation sites (tertiary alicyclic amines) is 1. The Hall–Kier alpha value is -2.16. The maximum atomic E-state index is 11.6. The predicted molar refractivity (Wildman–Crippen MR) is 142 cm³/mol. The summed E-state index contributed by atoms with van der Waals surface area (Å²) in [5, 5.41) is 13.0. The Morgan fingerprint density at radius 1 is 1.25 bits per heavy atom. The third kappa shape index (κ3) is 9.71. The lowest BCUT2D eigenvalue weighted by atomic mass is 9.77. The van der Waals surface area contributed by atoms with Crippen molar-refractivity contribution in [2.24, 2.45) is 22.4 Å². The number of carboxylic acids is 1. The summed E-state index contributed by atoms with van der Waals surface area (Å²) in [6.07, 6.45) is 5.66. The molecule has 0 spiro atoms. The number of piperidine rings is 1. The number of hydrogen-bond donors (Lipinski definition) is 1. The van der Waals surface area contributed by atoms with E-state index in [1.165, 1.54) is 12.8 Å². The van der Waals surface area contributed by atoms with Gasteiger partial charge >= 0.3 is 5.97 Å². The lowest BCUT2D eigenvalue weighted by molar-refractivity contribution is -0.156. The van der Waals surface area contributed by atoms with Gasteiger partial charge in [-0.15, -0.1) is 0 Å². The third-order valence-electron chi connectivity index (χ3n) is 7.22. The van der Waals surface area contributed by atoms with E-state index in [9.17, 15) is 9.90 Å². The van der Waals surface area contributed by atoms with Crippen molar-refractivity contribution in [3.8, 4) is 11.5 Å². The van der Waals surface area contributed by atoms with Gasteiger partial charge in [-0.05, 0) is 89.1 Å². The minimum Gasteiger partial charge on any atom is -0.493 e. The highest BCUT2D eigenvalue weighted by atomic mass is 16.6. The van der Waals surface area contributed by atoms with E-state index >= 15 is 0 Å². The molecule has 2 fully saturated rings. The normalized spacial score (nSPS) is 18.2. The average Bonchev–Trinajstić information content (AvgIpc) is 2.88. The standard InChI is InChI=1S/C16H29NO4.C12H17NO2/c1-20-11-4-14-2-8-17(9-3-14)10-5-16(15(18)19)6-12-21-13-7-16;1-9(2)8-14-11-6-5-7-12(10(11)3)15-13-4/h14H,2-13H2,1H3,(H,18,19);5-7,9H,4,8H2,1-3H3. The summed E-state index contributed by atoms with van der Waals surface area (Å²) in [5.41, 5.74) is 0.399. The van der Waals surface area contributed by atoms with E-state index in [1.807, 2.05) is 25.1 Å². The van der Waals surface area contributed by atoms with Gasteiger partial charge in [-0.3, -0.25) is 4.79 Å². The van der Waals surface area contributed by atoms with Gasteiger partial charge in [0.15, 0.2) is 5.75 Å². The van der Waals surface area contributed by atoms with E-state index in [0.29, 0.717) is 44.3 Å². The molecule has 0 atom stereocenters. The molecule has 2 heterocycles. The van der Waals surface area contributed by atoms with Crippen molar-refractivity contribution in [1.82, 2.24) is 4.90 Å². The van der Waals surface area contributed by atoms with Crippen LogP contribution in [0.5, 0.6) is 11.5 Å². The van der Waals surface area contributed by atoms with Crippen LogP contribution in [0.3, 0.4) is 0 Å². The molecule has 2 aliphatic heterocycles. The van der Waals surface area contributed by atoms with Crippen molar-refractivity contribution in [3.05, 3.63) is 23.8 Å². The first-order valence-corrected chi connectivity index (χ1v) is 13.2. The molecule has 0 saturated carbocycles. The molecule has 0 radical (unpaired) electrons. The predicted octanol–water partition coefficient (Wildman–Crippen LogP) is 5.03. The summed E-state index contributed by atoms with van der Waals surface area (Å²) in [5.74, 6) is 2.17. The summed E-state index contributed by atoms with van der Waals surface area (Å²) < 4.78 is 16.1. The molecular formula is C28H46N2O6. The number of nitrogens with zero attached hydrogens (tertiary/aromatic N) is 2. The highest BCUT2D eigenvalue weighted by molar-refractivity contribution is 5.74. The van der Waals surface area contributed by atoms with Crippen LogP contribution in [-0.2, 0) is 14.3 Å². The summed E-state index contributed by atoms with van der Waals surface area (Å²) in [4.78, 5) is 19.1. The molecule has 0 aliphatic carbocycles. The van der Waals surface area contributed by atoms with Gasteiger partial charge in [-0.2, -0.15) is 0 Å². The molecule has 1 aromatic carbocycles. The van der Waals surface area contributed by atoms with Gasteiger partial charge in [0.25, 0.3) is 0 Å². The molecule has 0 aromatic heterocycles. The van der Waals surface area contributed by atoms with E-state index in [-0.39, 0.29) is 0 Å². The van der Waals surface area contributed by atoms with Gasteiger partial charge in [0, 0.05) is 39.2 Å². The zero-order valence-corrected chi connectivity index (χ0v) is 22.7. The number of hydrogen-bond acceptors (Lipinski definition) is 7. The number of carbonyl (C=O) groups is 1. The molecule has 0 bridgehead atoms. The fraction of sp³-hybridized carbons (Fsp3) is 0.714. The molecule has 8 nitrogen and oxygen atoms in total. The second-order valence-corrected chi connectivity index (χ2v) is 10.3. The van der Waals surface area contributed by atoms with Crippen molar-refractivity contribution < 1.29 is 28.9 Å². The van der Waals surface area contributed by atoms with Crippen LogP contribution in [-0.4, -0.2) is 75.9 Å². The Morgan fingerprint density at radius 3 is 2.50 bits per heavy atom. The summed E-state index contributed by atoms with van der Waals surface area (Å²) in [6, 6.07) is 5.64. The van der Waals surface area contributed by atoms with E-state index in [4.69, 9.17) is 19.0 Å². The fourth-order valence-electron chi connectivity index (χ4n) is 4.66. The number of ether oxygens (including phenoxy) is 3. The van der Waals surface area contributed by atoms with Crippen LogP contribution in [0.2, 0.25) is 0 Å². The van der Waals surface area contributed by atoms with Gasteiger partial charge in [0.2, 0.25) is 0 Å². The van der Waals surface area contributed by atoms with Crippen LogP contribution in [0.4, 0.5) is 0 Å². The molecule has 2 saturated heterocycles. The lowest BCUT2D eigenvalue weighted by Gasteiger charge is -2.37. The molecule has 204 valence electrons. The quantitative estimate of drug-likeness (QED) is 0.314. The minimum absolute atomic E-state index is 0.506. The lowest BCUT2D eigenvalue weighted by Crippen LogP contribution is -2.42. The first-order chi connectivity index (χ1) is 17.3. The zero-order valence-electron chi connectivity index (χ0n) is 22.7. The van der Waals surface area contributed by atoms with Crippen LogP contribution >= 0.6 is 0 Å². The zero-order chi connectivity index (χ0) is 26.4. The van der Waals surface area contributed by atoms with Crippen LogP contribution in [0.25, 0.3) is 0 Å². The fourth-order valence-corrected chi connectivity index (χ4v) is 4.66. The second kappa shape index (κ2) is 15.8. The second-order valence-electron chi connectivity index (χ2n) is 10.3. The molecule has 0 amide bonds. The minimum atomic E-state index is -0.638. The van der Waals surface area contributed by atoms with Gasteiger partial charge in [0.05, 0.1) is 12.0 Å². The summed E-state index contributed by atoms with van der Waals surface area (Å²) in [6.45, 7) is 15.3. The van der Waals surface area contributed by atoms with Gasteiger partial charge in [-0.25, -0.2) is 0 Å². The molecule has 0 unspecified atom stereocenters. The third-order valence-corrected chi connectivity index (χ3v) is 7.22. The van der Waals surface area contributed by atoms with E-state index < -0.39 is 11.4 Å². The van der Waals surface area contributed by atoms with Gasteiger partial charge in [0.1, 0.15) is 5.75 Å². The molecule has 8 heteroatoms. The van der Waals surface area contributed by atoms with Crippen LogP contribution in [0.1, 0.15) is 57.9 Å².